The Morgan fingerprint density at radius 2 is 1.25 bits per heavy atom. The number of hydrogen-bond acceptors (Lipinski definition) is 1. The van der Waals surface area contributed by atoms with Gasteiger partial charge in [0.25, 0.3) is 0 Å². The molecule has 4 heavy (non-hydrogen) atoms. The molecule has 0 aromatic rings. The summed E-state index contributed by atoms with van der Waals surface area (Å²) in [7, 11) is 0. The van der Waals surface area contributed by atoms with Gasteiger partial charge in [-0.3, -0.25) is 0 Å². The third kappa shape index (κ3) is 9.13. The van der Waals surface area contributed by atoms with Crippen LogP contribution in [0.1, 0.15) is 2.85 Å². The minimum atomic E-state index is 0. The van der Waals surface area contributed by atoms with Crippen molar-refractivity contribution in [1.29, 1.82) is 0 Å². The first-order valence-corrected chi connectivity index (χ1v) is 0. The molecule has 0 atom stereocenters. The first-order valence-electron chi connectivity index (χ1n) is 0. The molecule has 0 spiro atoms. The quantitative estimate of drug-likeness (QED) is 0.271. The van der Waals surface area contributed by atoms with Gasteiger partial charge >= 0.3 is 41.9 Å². The molecule has 0 amide bonds. The van der Waals surface area contributed by atoms with Gasteiger partial charge in [0.05, 0.1) is 0 Å². The zero-order valence-electron chi connectivity index (χ0n) is 5.15. The van der Waals surface area contributed by atoms with E-state index in [1.165, 1.54) is 0 Å². The summed E-state index contributed by atoms with van der Waals surface area (Å²) >= 11 is 0. The maximum atomic E-state index is 0. The Hall–Kier alpha value is 1.86. The van der Waals surface area contributed by atoms with Crippen molar-refractivity contribution in [2.24, 2.45) is 0 Å². The molecule has 17 valence electrons. The minimum absolute atomic E-state index is 0. The topological polar surface area (TPSA) is 30.0 Å². The second-order valence-corrected chi connectivity index (χ2v) is 0. The van der Waals surface area contributed by atoms with Gasteiger partial charge in [-0.1, -0.05) is 0 Å². The van der Waals surface area contributed by atoms with E-state index in [1.54, 1.807) is 0 Å². The zero-order chi connectivity index (χ0) is 0. The van der Waals surface area contributed by atoms with Crippen LogP contribution in [0, 0.1) is 0 Å². The average Bonchev–Trinajstić information content (AvgIpc) is 0. The van der Waals surface area contributed by atoms with Crippen LogP contribution in [0.15, 0.2) is 0 Å². The summed E-state index contributed by atoms with van der Waals surface area (Å²) in [6.45, 7) is 0. The predicted molar refractivity (Wildman–Crippen MR) is 18.5 cm³/mol. The van der Waals surface area contributed by atoms with E-state index >= 15 is 0 Å². The Morgan fingerprint density at radius 3 is 1.25 bits per heavy atom. The molecule has 1 nitrogen and oxygen atoms in total. The summed E-state index contributed by atoms with van der Waals surface area (Å²) in [4.78, 5) is 0. The van der Waals surface area contributed by atoms with E-state index in [9.17, 15) is 0 Å². The number of hydrogen-bond donors (Lipinski definition) is 0. The van der Waals surface area contributed by atoms with E-state index in [2.05, 4.69) is 0 Å². The molecule has 0 heterocycles. The molecule has 1 N–H and O–H groups in total. The molecule has 0 aliphatic carbocycles. The first-order chi connectivity index (χ1) is 0. The Kier molecular flexibility index (Phi) is 210. The van der Waals surface area contributed by atoms with Crippen LogP contribution < -0.4 is 18.9 Å². The van der Waals surface area contributed by atoms with Gasteiger partial charge in [-0.05, 0) is 0 Å². The largest absolute Gasteiger partial charge is 2.00 e. The molecule has 0 aliphatic heterocycles. The Balaban J connectivity index is 0. The number of rotatable bonds is 0. The molecule has 0 aromatic carbocycles. The summed E-state index contributed by atoms with van der Waals surface area (Å²) < 4.78 is 0. The van der Waals surface area contributed by atoms with Crippen LogP contribution in [0.3, 0.4) is 0 Å². The molecule has 0 unspecified atom stereocenters. The maximum Gasteiger partial charge on any atom is 2.00 e. The monoisotopic (exact) mass is 79.0 g/mol. The molecule has 4 heteroatoms. The van der Waals surface area contributed by atoms with Crippen LogP contribution in [0.25, 0.3) is 0 Å². The second kappa shape index (κ2) is 21.0. The average molecular weight is 79.3 g/mol. The zero-order valence-corrected chi connectivity index (χ0v) is 6.57. The van der Waals surface area contributed by atoms with Crippen LogP contribution >= 0.6 is 0 Å². The van der Waals surface area contributed by atoms with Crippen molar-refractivity contribution in [3.8, 4) is 0 Å². The maximum absolute atomic E-state index is 0. The van der Waals surface area contributed by atoms with Crippen molar-refractivity contribution in [1.82, 2.24) is 0 Å². The fourth-order valence-electron chi connectivity index (χ4n) is 0. The van der Waals surface area contributed by atoms with Crippen LogP contribution in [0.2, 0.25) is 0 Å². The van der Waals surface area contributed by atoms with Gasteiger partial charge in [0.1, 0.15) is 17.4 Å². The van der Waals surface area contributed by atoms with Crippen LogP contribution in [-0.2, 0) is 0 Å². The fraction of sp³-hybridized carbons (Fsp3) is 0. The molecular weight excluding hydrogens is 74.2 g/mol. The van der Waals surface area contributed by atoms with Crippen LogP contribution in [0.5, 0.6) is 0 Å². The molecule has 0 aliphatic rings. The van der Waals surface area contributed by atoms with E-state index < -0.39 is 0 Å². The van der Waals surface area contributed by atoms with Gasteiger partial charge in [0.2, 0.25) is 0 Å². The fourth-order valence-corrected chi connectivity index (χ4v) is 0. The Bertz CT molecular complexity index is 13.5. The summed E-state index contributed by atoms with van der Waals surface area (Å²) in [6.07, 6.45) is 0. The SMILES string of the molecule is [AlH2].[H-].[H-].[Li+].[Mg+2].[OH-]. The molecule has 1 radical (unpaired) electrons. The van der Waals surface area contributed by atoms with Gasteiger partial charge < -0.3 is 8.33 Å². The van der Waals surface area contributed by atoms with E-state index in [-0.39, 0.29) is 67.6 Å². The van der Waals surface area contributed by atoms with E-state index in [1.807, 2.05) is 0 Å². The molecule has 0 bridgehead atoms. The Labute approximate surface area is 67.3 Å². The van der Waals surface area contributed by atoms with E-state index in [4.69, 9.17) is 0 Å². The van der Waals surface area contributed by atoms with Crippen LogP contribution in [-0.4, -0.2) is 45.9 Å². The second-order valence-electron chi connectivity index (χ2n) is 0. The van der Waals surface area contributed by atoms with Gasteiger partial charge in [-0.15, -0.1) is 0 Å². The van der Waals surface area contributed by atoms with Crippen LogP contribution in [0.4, 0.5) is 0 Å². The van der Waals surface area contributed by atoms with E-state index in [0.29, 0.717) is 0 Å². The summed E-state index contributed by atoms with van der Waals surface area (Å²) in [5, 5.41) is 0. The molecule has 0 fully saturated rings. The molecular formula is H5AlLiMgO. The third-order valence-electron chi connectivity index (χ3n) is 0. The van der Waals surface area contributed by atoms with Crippen molar-refractivity contribution in [3.63, 3.8) is 0 Å². The molecule has 0 rings (SSSR count). The van der Waals surface area contributed by atoms with Gasteiger partial charge in [0, 0.05) is 0 Å². The van der Waals surface area contributed by atoms with Crippen molar-refractivity contribution in [2.45, 2.75) is 0 Å². The smallest absolute Gasteiger partial charge is 1.00 e. The predicted octanol–water partition coefficient (Wildman–Crippen LogP) is -4.24. The minimum Gasteiger partial charge on any atom is -1.00 e. The molecule has 0 saturated carbocycles. The van der Waals surface area contributed by atoms with E-state index in [0.717, 1.165) is 0 Å². The van der Waals surface area contributed by atoms with Gasteiger partial charge in [-0.2, -0.15) is 0 Å². The summed E-state index contributed by atoms with van der Waals surface area (Å²) in [6, 6.07) is 0. The first kappa shape index (κ1) is 40.1. The third-order valence-corrected chi connectivity index (χ3v) is 0. The normalized spacial score (nSPS) is 0. The van der Waals surface area contributed by atoms with Crippen molar-refractivity contribution in [3.05, 3.63) is 0 Å². The van der Waals surface area contributed by atoms with Crippen molar-refractivity contribution in [2.75, 3.05) is 0 Å². The van der Waals surface area contributed by atoms with Crippen molar-refractivity contribution < 1.29 is 27.2 Å². The molecule has 0 aromatic heterocycles. The molecule has 0 saturated heterocycles. The van der Waals surface area contributed by atoms with Gasteiger partial charge in [-0.25, -0.2) is 0 Å². The summed E-state index contributed by atoms with van der Waals surface area (Å²) in [5.41, 5.74) is 0. The summed E-state index contributed by atoms with van der Waals surface area (Å²) in [5.74, 6) is 0. The van der Waals surface area contributed by atoms with Gasteiger partial charge in [0.15, 0.2) is 0 Å². The Morgan fingerprint density at radius 1 is 1.25 bits per heavy atom. The standard InChI is InChI=1S/Al.Li.Mg.H2O.4H/h;;;1H2;;;;/q;+1;+2;;;;2*-1/p-1. The van der Waals surface area contributed by atoms with Crippen molar-refractivity contribution >= 4 is 40.4 Å².